The van der Waals surface area contributed by atoms with Crippen molar-refractivity contribution in [3.8, 4) is 0 Å². The molecule has 0 aliphatic rings. The SMILES string of the molecule is CCO[Si](C)(CCCSSCCC[Si](OC)(OC)OC)OCC. The van der Waals surface area contributed by atoms with Crippen molar-refractivity contribution < 1.29 is 22.1 Å². The molecule has 0 aliphatic carbocycles. The van der Waals surface area contributed by atoms with Crippen LogP contribution in [0.4, 0.5) is 0 Å². The first-order valence-corrected chi connectivity index (χ1v) is 15.1. The first kappa shape index (κ1) is 23.9. The molecule has 0 bridgehead atoms. The van der Waals surface area contributed by atoms with Crippen LogP contribution in [-0.2, 0) is 22.1 Å². The van der Waals surface area contributed by atoms with Crippen molar-refractivity contribution in [2.24, 2.45) is 0 Å². The predicted octanol–water partition coefficient (Wildman–Crippen LogP) is 4.17. The Labute approximate surface area is 152 Å². The normalized spacial score (nSPS) is 12.8. The van der Waals surface area contributed by atoms with Gasteiger partial charge in [-0.05, 0) is 39.3 Å². The summed E-state index contributed by atoms with van der Waals surface area (Å²) in [6, 6.07) is 1.93. The van der Waals surface area contributed by atoms with Gasteiger partial charge in [-0.2, -0.15) is 0 Å². The van der Waals surface area contributed by atoms with Gasteiger partial charge < -0.3 is 22.1 Å². The molecule has 0 atom stereocenters. The minimum atomic E-state index is -2.39. The summed E-state index contributed by atoms with van der Waals surface area (Å²) >= 11 is 0. The fourth-order valence-corrected chi connectivity index (χ4v) is 9.09. The van der Waals surface area contributed by atoms with Crippen molar-refractivity contribution >= 4 is 39.0 Å². The zero-order valence-corrected chi connectivity index (χ0v) is 19.1. The molecule has 0 radical (unpaired) electrons. The molecule has 0 saturated carbocycles. The lowest BCUT2D eigenvalue weighted by Crippen LogP contribution is -2.42. The van der Waals surface area contributed by atoms with Crippen molar-refractivity contribution in [1.82, 2.24) is 0 Å². The largest absolute Gasteiger partial charge is 0.500 e. The predicted molar refractivity (Wildman–Crippen MR) is 105 cm³/mol. The summed E-state index contributed by atoms with van der Waals surface area (Å²) in [5.74, 6) is 2.22. The van der Waals surface area contributed by atoms with Crippen molar-refractivity contribution in [2.45, 2.75) is 45.3 Å². The molecule has 0 fully saturated rings. The molecule has 23 heavy (non-hydrogen) atoms. The molecule has 0 amide bonds. The van der Waals surface area contributed by atoms with E-state index in [2.05, 4.69) is 6.55 Å². The standard InChI is InChI=1S/C14H34O5S2Si2/c1-7-18-22(6,19-8-2)13-9-11-20-21-12-10-14-23(15-3,16-4)17-5/h7-14H2,1-6H3. The first-order chi connectivity index (χ1) is 11.0. The quantitative estimate of drug-likeness (QED) is 0.218. The Morgan fingerprint density at radius 3 is 1.57 bits per heavy atom. The average molecular weight is 403 g/mol. The van der Waals surface area contributed by atoms with E-state index in [-0.39, 0.29) is 0 Å². The van der Waals surface area contributed by atoms with Gasteiger partial charge in [0.1, 0.15) is 0 Å². The van der Waals surface area contributed by atoms with Crippen LogP contribution in [0, 0.1) is 0 Å². The van der Waals surface area contributed by atoms with Crippen LogP contribution in [0.1, 0.15) is 26.7 Å². The minimum Gasteiger partial charge on any atom is -0.395 e. The molecule has 0 rings (SSSR count). The summed E-state index contributed by atoms with van der Waals surface area (Å²) in [5, 5.41) is 0. The minimum absolute atomic E-state index is 0.745. The van der Waals surface area contributed by atoms with Crippen LogP contribution in [0.25, 0.3) is 0 Å². The van der Waals surface area contributed by atoms with E-state index in [4.69, 9.17) is 22.1 Å². The molecule has 0 saturated heterocycles. The molecule has 0 heterocycles. The lowest BCUT2D eigenvalue weighted by atomic mass is 10.6. The maximum atomic E-state index is 5.85. The summed E-state index contributed by atoms with van der Waals surface area (Å²) in [7, 11) is 4.51. The van der Waals surface area contributed by atoms with Crippen LogP contribution in [0.3, 0.4) is 0 Å². The summed E-state index contributed by atoms with van der Waals surface area (Å²) in [6.45, 7) is 7.74. The first-order valence-electron chi connectivity index (χ1n) is 8.19. The summed E-state index contributed by atoms with van der Waals surface area (Å²) in [5.41, 5.74) is 0. The highest BCUT2D eigenvalue weighted by atomic mass is 33.1. The van der Waals surface area contributed by atoms with Gasteiger partial charge in [0.15, 0.2) is 0 Å². The summed E-state index contributed by atoms with van der Waals surface area (Å²) in [6.07, 6.45) is 2.19. The molecule has 0 aromatic heterocycles. The monoisotopic (exact) mass is 402 g/mol. The Kier molecular flexibility index (Phi) is 14.7. The lowest BCUT2D eigenvalue weighted by Gasteiger charge is -2.25. The Morgan fingerprint density at radius 2 is 1.17 bits per heavy atom. The van der Waals surface area contributed by atoms with E-state index in [9.17, 15) is 0 Å². The van der Waals surface area contributed by atoms with Gasteiger partial charge in [0.25, 0.3) is 0 Å². The van der Waals surface area contributed by atoms with Crippen LogP contribution >= 0.6 is 21.6 Å². The highest BCUT2D eigenvalue weighted by Gasteiger charge is 2.36. The van der Waals surface area contributed by atoms with Gasteiger partial charge in [0.05, 0.1) is 0 Å². The third-order valence-corrected chi connectivity index (χ3v) is 12.0. The van der Waals surface area contributed by atoms with Gasteiger partial charge in [0.2, 0.25) is 0 Å². The van der Waals surface area contributed by atoms with Gasteiger partial charge in [-0.25, -0.2) is 0 Å². The van der Waals surface area contributed by atoms with Gasteiger partial charge >= 0.3 is 17.4 Å². The molecule has 0 aromatic carbocycles. The molecular formula is C14H34O5S2Si2. The van der Waals surface area contributed by atoms with E-state index in [1.54, 1.807) is 21.3 Å². The fraction of sp³-hybridized carbons (Fsp3) is 1.00. The van der Waals surface area contributed by atoms with Crippen molar-refractivity contribution in [3.05, 3.63) is 0 Å². The molecular weight excluding hydrogens is 368 g/mol. The van der Waals surface area contributed by atoms with Crippen molar-refractivity contribution in [2.75, 3.05) is 46.0 Å². The second-order valence-electron chi connectivity index (χ2n) is 5.15. The van der Waals surface area contributed by atoms with Gasteiger partial charge in [-0.3, -0.25) is 0 Å². The Bertz CT molecular complexity index is 270. The maximum Gasteiger partial charge on any atom is 0.500 e. The Hall–Kier alpha value is 0.934. The molecule has 0 N–H and O–H groups in total. The smallest absolute Gasteiger partial charge is 0.395 e. The third-order valence-electron chi connectivity index (χ3n) is 3.48. The summed E-state index contributed by atoms with van der Waals surface area (Å²) in [4.78, 5) is 0. The molecule has 0 unspecified atom stereocenters. The Morgan fingerprint density at radius 1 is 0.739 bits per heavy atom. The van der Waals surface area contributed by atoms with E-state index >= 15 is 0 Å². The van der Waals surface area contributed by atoms with Crippen LogP contribution in [0.2, 0.25) is 18.6 Å². The molecule has 9 heteroatoms. The average Bonchev–Trinajstić information content (AvgIpc) is 2.55. The van der Waals surface area contributed by atoms with E-state index in [1.165, 1.54) is 0 Å². The molecule has 0 spiro atoms. The van der Waals surface area contributed by atoms with Gasteiger partial charge in [-0.1, -0.05) is 21.6 Å². The van der Waals surface area contributed by atoms with E-state index in [0.29, 0.717) is 0 Å². The van der Waals surface area contributed by atoms with E-state index in [0.717, 1.165) is 49.6 Å². The lowest BCUT2D eigenvalue weighted by molar-refractivity contribution is 0.123. The number of hydrogen-bond donors (Lipinski definition) is 0. The third kappa shape index (κ3) is 10.5. The van der Waals surface area contributed by atoms with Gasteiger partial charge in [-0.15, -0.1) is 0 Å². The maximum absolute atomic E-state index is 5.85. The second-order valence-corrected chi connectivity index (χ2v) is 14.3. The van der Waals surface area contributed by atoms with Crippen molar-refractivity contribution in [3.63, 3.8) is 0 Å². The second kappa shape index (κ2) is 14.1. The van der Waals surface area contributed by atoms with Crippen molar-refractivity contribution in [1.29, 1.82) is 0 Å². The van der Waals surface area contributed by atoms with E-state index in [1.807, 2.05) is 35.4 Å². The fourth-order valence-electron chi connectivity index (χ4n) is 2.27. The van der Waals surface area contributed by atoms with Crippen LogP contribution in [-0.4, -0.2) is 63.4 Å². The molecule has 0 aliphatic heterocycles. The van der Waals surface area contributed by atoms with Crippen LogP contribution in [0.5, 0.6) is 0 Å². The van der Waals surface area contributed by atoms with Crippen LogP contribution < -0.4 is 0 Å². The molecule has 0 aromatic rings. The molecule has 140 valence electrons. The topological polar surface area (TPSA) is 46.2 Å². The zero-order chi connectivity index (χ0) is 17.6. The molecule has 5 nitrogen and oxygen atoms in total. The highest BCUT2D eigenvalue weighted by Crippen LogP contribution is 2.27. The summed E-state index contributed by atoms with van der Waals surface area (Å²) < 4.78 is 28.0. The highest BCUT2D eigenvalue weighted by molar-refractivity contribution is 8.76. The van der Waals surface area contributed by atoms with Gasteiger partial charge in [0, 0.05) is 52.1 Å². The number of hydrogen-bond acceptors (Lipinski definition) is 7. The Balaban J connectivity index is 3.73. The zero-order valence-electron chi connectivity index (χ0n) is 15.5. The van der Waals surface area contributed by atoms with E-state index < -0.39 is 17.4 Å². The number of rotatable bonds is 16. The van der Waals surface area contributed by atoms with Crippen LogP contribution in [0.15, 0.2) is 0 Å².